The molecule has 16 heteroatoms. The zero-order valence-electron chi connectivity index (χ0n) is 33.7. The first-order valence-electron chi connectivity index (χ1n) is 19.5. The van der Waals surface area contributed by atoms with Gasteiger partial charge in [0.1, 0.15) is 60.3 Å². The smallest absolute Gasteiger partial charge is 0.224 e. The first-order valence-corrected chi connectivity index (χ1v) is 20.2. The molecule has 2 saturated heterocycles. The van der Waals surface area contributed by atoms with Gasteiger partial charge in [-0.2, -0.15) is 0 Å². The number of hydrogen-bond acceptors (Lipinski definition) is 14. The molecule has 2 fully saturated rings. The summed E-state index contributed by atoms with van der Waals surface area (Å²) in [4.78, 5) is 0. The van der Waals surface area contributed by atoms with Gasteiger partial charge in [0.25, 0.3) is 0 Å². The van der Waals surface area contributed by atoms with Crippen LogP contribution < -0.4 is 9.47 Å². The Morgan fingerprint density at radius 1 is 0.532 bits per heavy atom. The van der Waals surface area contributed by atoms with E-state index in [0.29, 0.717) is 47.2 Å². The van der Waals surface area contributed by atoms with Crippen molar-refractivity contribution >= 4 is 23.2 Å². The van der Waals surface area contributed by atoms with Gasteiger partial charge in [0.2, 0.25) is 11.6 Å². The molecule has 6 rings (SSSR count). The van der Waals surface area contributed by atoms with Crippen LogP contribution in [0.2, 0.25) is 10.0 Å². The van der Waals surface area contributed by atoms with E-state index in [9.17, 15) is 40.9 Å². The van der Waals surface area contributed by atoms with Crippen LogP contribution in [0.25, 0.3) is 0 Å². The molecule has 344 valence electrons. The fourth-order valence-corrected chi connectivity index (χ4v) is 7.74. The van der Waals surface area contributed by atoms with Crippen LogP contribution in [0.15, 0.2) is 84.9 Å². The van der Waals surface area contributed by atoms with Crippen LogP contribution >= 0.6 is 23.2 Å². The van der Waals surface area contributed by atoms with Gasteiger partial charge in [0.15, 0.2) is 0 Å². The van der Waals surface area contributed by atoms with Crippen molar-refractivity contribution in [2.75, 3.05) is 40.6 Å². The number of benzene rings is 4. The maximum Gasteiger partial charge on any atom is 0.224 e. The lowest BCUT2D eigenvalue weighted by Gasteiger charge is -2.47. The molecule has 0 radical (unpaired) electrons. The van der Waals surface area contributed by atoms with E-state index in [1.165, 1.54) is 14.2 Å². The predicted molar refractivity (Wildman–Crippen MR) is 235 cm³/mol. The van der Waals surface area contributed by atoms with E-state index in [2.05, 4.69) is 0 Å². The molecule has 2 aliphatic rings. The van der Waals surface area contributed by atoms with Crippen molar-refractivity contribution < 1.29 is 69.3 Å². The van der Waals surface area contributed by atoms with Crippen molar-refractivity contribution in [3.05, 3.63) is 128 Å². The number of ether oxygens (including phenoxy) is 6. The van der Waals surface area contributed by atoms with Gasteiger partial charge in [-0.3, -0.25) is 0 Å². The van der Waals surface area contributed by atoms with Gasteiger partial charge < -0.3 is 69.3 Å². The number of methoxy groups -OCH3 is 2. The van der Waals surface area contributed by atoms with Crippen molar-refractivity contribution in [1.82, 2.24) is 0 Å². The molecule has 4 aromatic carbocycles. The third-order valence-corrected chi connectivity index (χ3v) is 11.4. The zero-order valence-corrected chi connectivity index (χ0v) is 35.2. The van der Waals surface area contributed by atoms with Crippen molar-refractivity contribution in [2.24, 2.45) is 0 Å². The van der Waals surface area contributed by atoms with Crippen LogP contribution in [0.5, 0.6) is 11.5 Å². The normalized spacial score (nSPS) is 28.1. The highest BCUT2D eigenvalue weighted by Crippen LogP contribution is 2.42. The highest BCUT2D eigenvalue weighted by Gasteiger charge is 2.56. The summed E-state index contributed by atoms with van der Waals surface area (Å²) in [6.45, 7) is 3.91. The summed E-state index contributed by atoms with van der Waals surface area (Å²) in [5.74, 6) is -1.99. The van der Waals surface area contributed by atoms with E-state index in [0.717, 1.165) is 33.8 Å². The fraction of sp³-hybridized carbons (Fsp3) is 0.478. The zero-order chi connectivity index (χ0) is 43.8. The van der Waals surface area contributed by atoms with E-state index in [1.54, 1.807) is 36.4 Å². The minimum atomic E-state index is -1.77. The Hall–Kier alpha value is -3.42. The van der Waals surface area contributed by atoms with Gasteiger partial charge in [-0.25, -0.2) is 0 Å². The van der Waals surface area contributed by atoms with Crippen LogP contribution in [0, 0.1) is 0 Å². The molecule has 0 spiro atoms. The van der Waals surface area contributed by atoms with Crippen molar-refractivity contribution in [3.8, 4) is 11.5 Å². The highest BCUT2D eigenvalue weighted by atomic mass is 35.5. The molecule has 0 amide bonds. The summed E-state index contributed by atoms with van der Waals surface area (Å²) in [5, 5.41) is 82.1. The summed E-state index contributed by atoms with van der Waals surface area (Å²) in [6, 6.07) is 25.3. The van der Waals surface area contributed by atoms with Crippen LogP contribution in [-0.2, 0) is 43.4 Å². The quantitative estimate of drug-likeness (QED) is 0.0877. The second-order valence-corrected chi connectivity index (χ2v) is 15.2. The molecule has 62 heavy (non-hydrogen) atoms. The molecule has 0 saturated carbocycles. The molecule has 0 bridgehead atoms. The largest absolute Gasteiger partial charge is 0.494 e. The van der Waals surface area contributed by atoms with Gasteiger partial charge in [-0.05, 0) is 97.5 Å². The highest BCUT2D eigenvalue weighted by molar-refractivity contribution is 6.31. The Morgan fingerprint density at radius 3 is 1.16 bits per heavy atom. The summed E-state index contributed by atoms with van der Waals surface area (Å²) in [7, 11) is 2.64. The van der Waals surface area contributed by atoms with Crippen molar-refractivity contribution in [2.45, 2.75) is 102 Å². The van der Waals surface area contributed by atoms with E-state index in [1.807, 2.05) is 62.4 Å². The summed E-state index contributed by atoms with van der Waals surface area (Å²) >= 11 is 12.8. The Labute approximate surface area is 373 Å². The molecule has 4 aromatic rings. The number of hydrogen-bond donors (Lipinski definition) is 8. The fourth-order valence-electron chi connectivity index (χ4n) is 7.37. The minimum Gasteiger partial charge on any atom is -0.494 e. The third-order valence-electron chi connectivity index (χ3n) is 10.7. The maximum atomic E-state index is 10.7. The molecule has 0 aromatic heterocycles. The van der Waals surface area contributed by atoms with E-state index in [4.69, 9.17) is 51.6 Å². The Kier molecular flexibility index (Phi) is 20.1. The lowest BCUT2D eigenvalue weighted by Crippen LogP contribution is -2.64. The molecule has 8 N–H and O–H groups in total. The van der Waals surface area contributed by atoms with Gasteiger partial charge in [-0.1, -0.05) is 74.5 Å². The minimum absolute atomic E-state index is 0. The van der Waals surface area contributed by atoms with Gasteiger partial charge in [-0.15, -0.1) is 0 Å². The number of halogens is 2. The van der Waals surface area contributed by atoms with Crippen LogP contribution in [0.1, 0.15) is 62.1 Å². The van der Waals surface area contributed by atoms with E-state index >= 15 is 0 Å². The molecular weight excluding hydrogens is 847 g/mol. The molecule has 2 aliphatic heterocycles. The first kappa shape index (κ1) is 52.9. The average Bonchev–Trinajstić information content (AvgIpc) is 3.26. The monoisotopic (exact) mass is 908 g/mol. The van der Waals surface area contributed by atoms with E-state index in [-0.39, 0.29) is 14.9 Å². The van der Waals surface area contributed by atoms with Crippen LogP contribution in [0.4, 0.5) is 0 Å². The van der Waals surface area contributed by atoms with Gasteiger partial charge in [0.05, 0.1) is 26.4 Å². The SMILES string of the molecule is C.C.CCOc1ccc(Cc2cc([C@]3(OC)O[C@H](CO)[C@@H](O)[C@H](O)[C@H]3O)ccc2Cl)cc1.CCOc1ccc(Cc2cc([C@]3(OC)O[C@H](CO)[C@@H](O)[C@H](O)[C@H]3O)ccc2Cl)cc1. The second kappa shape index (κ2) is 23.5. The summed E-state index contributed by atoms with van der Waals surface area (Å²) in [5.41, 5.74) is 4.33. The van der Waals surface area contributed by atoms with Gasteiger partial charge in [0, 0.05) is 35.4 Å². The Balaban J connectivity index is 0.000000320. The van der Waals surface area contributed by atoms with Crippen molar-refractivity contribution in [3.63, 3.8) is 0 Å². The lowest BCUT2D eigenvalue weighted by molar-refractivity contribution is -0.366. The molecule has 10 atom stereocenters. The van der Waals surface area contributed by atoms with Crippen LogP contribution in [-0.4, -0.2) is 130 Å². The third kappa shape index (κ3) is 11.3. The topological polar surface area (TPSA) is 217 Å². The van der Waals surface area contributed by atoms with Crippen LogP contribution in [0.3, 0.4) is 0 Å². The van der Waals surface area contributed by atoms with E-state index < -0.39 is 73.6 Å². The maximum absolute atomic E-state index is 10.7. The second-order valence-electron chi connectivity index (χ2n) is 14.4. The first-order chi connectivity index (χ1) is 28.7. The molecular formula is C46H62Cl2O14. The summed E-state index contributed by atoms with van der Waals surface area (Å²) < 4.78 is 33.4. The molecule has 0 unspecified atom stereocenters. The molecule has 2 heterocycles. The lowest BCUT2D eigenvalue weighted by atomic mass is 9.87. The molecule has 0 aliphatic carbocycles. The summed E-state index contributed by atoms with van der Waals surface area (Å²) in [6.07, 6.45) is -10.5. The molecule has 14 nitrogen and oxygen atoms in total. The average molecular weight is 910 g/mol. The Bertz CT molecular complexity index is 1830. The number of aliphatic hydroxyl groups excluding tert-OH is 8. The standard InChI is InChI=1S/2C22H27ClO7.2CH4/c2*1-3-29-16-7-4-13(5-8-16)10-14-11-15(6-9-17(14)23)22(28-2)21(27)20(26)19(25)18(12-24)30-22;;/h2*4-9,11,18-21,24-27H,3,10,12H2,1-2H3;2*1H4/t2*18-,19-,20+,21-,22+;;/m11../s1. The van der Waals surface area contributed by atoms with Crippen molar-refractivity contribution in [1.29, 1.82) is 0 Å². The predicted octanol–water partition coefficient (Wildman–Crippen LogP) is 4.48. The number of aliphatic hydroxyl groups is 8. The van der Waals surface area contributed by atoms with Gasteiger partial charge >= 0.3 is 0 Å². The Morgan fingerprint density at radius 2 is 0.871 bits per heavy atom. The number of rotatable bonds is 14.